The van der Waals surface area contributed by atoms with Crippen LogP contribution in [0.4, 0.5) is 5.69 Å². The highest BCUT2D eigenvalue weighted by molar-refractivity contribution is 7.91. The number of carbonyl (C=O) groups excluding carboxylic acids is 1. The van der Waals surface area contributed by atoms with Crippen molar-refractivity contribution in [2.24, 2.45) is 0 Å². The van der Waals surface area contributed by atoms with Crippen molar-refractivity contribution in [3.63, 3.8) is 0 Å². The van der Waals surface area contributed by atoms with Crippen LogP contribution in [0.5, 0.6) is 0 Å². The molecule has 0 atom stereocenters. The van der Waals surface area contributed by atoms with E-state index in [-0.39, 0.29) is 24.0 Å². The third-order valence-electron chi connectivity index (χ3n) is 2.99. The number of anilines is 1. The van der Waals surface area contributed by atoms with E-state index in [4.69, 9.17) is 0 Å². The highest BCUT2D eigenvalue weighted by atomic mass is 32.2. The van der Waals surface area contributed by atoms with Crippen molar-refractivity contribution in [2.75, 3.05) is 29.9 Å². The van der Waals surface area contributed by atoms with E-state index >= 15 is 0 Å². The lowest BCUT2D eigenvalue weighted by atomic mass is 10.1. The Morgan fingerprint density at radius 1 is 1.25 bits per heavy atom. The second-order valence-corrected chi connectivity index (χ2v) is 7.03. The number of aryl methyl sites for hydroxylation is 1. The number of nitrogens with one attached hydrogen (secondary N) is 2. The monoisotopic (exact) mass is 298 g/mol. The number of benzene rings is 1. The van der Waals surface area contributed by atoms with E-state index < -0.39 is 9.84 Å². The number of amides is 1. The topological polar surface area (TPSA) is 75.3 Å². The summed E-state index contributed by atoms with van der Waals surface area (Å²) in [4.78, 5) is 11.9. The van der Waals surface area contributed by atoms with Gasteiger partial charge >= 0.3 is 0 Å². The number of rotatable bonds is 7. The Balaban J connectivity index is 2.62. The van der Waals surface area contributed by atoms with Crippen LogP contribution in [0.3, 0.4) is 0 Å². The molecule has 0 spiro atoms. The maximum Gasteiger partial charge on any atom is 0.251 e. The molecular weight excluding hydrogens is 276 g/mol. The van der Waals surface area contributed by atoms with Crippen LogP contribution in [-0.2, 0) is 9.84 Å². The molecule has 1 amide bonds. The van der Waals surface area contributed by atoms with Gasteiger partial charge in [-0.15, -0.1) is 0 Å². The van der Waals surface area contributed by atoms with E-state index in [1.807, 2.05) is 19.9 Å². The second-order valence-electron chi connectivity index (χ2n) is 4.55. The Bertz CT molecular complexity index is 568. The van der Waals surface area contributed by atoms with Gasteiger partial charge in [0, 0.05) is 30.1 Å². The first-order valence-corrected chi connectivity index (χ1v) is 8.55. The number of carbonyl (C=O) groups is 1. The van der Waals surface area contributed by atoms with Crippen LogP contribution in [-0.4, -0.2) is 38.9 Å². The third kappa shape index (κ3) is 4.85. The first-order valence-electron chi connectivity index (χ1n) is 6.72. The summed E-state index contributed by atoms with van der Waals surface area (Å²) in [7, 11) is -3.04. The van der Waals surface area contributed by atoms with Crippen LogP contribution < -0.4 is 10.6 Å². The van der Waals surface area contributed by atoms with Crippen LogP contribution in [0.15, 0.2) is 18.2 Å². The highest BCUT2D eigenvalue weighted by Crippen LogP contribution is 2.16. The molecule has 0 aliphatic rings. The van der Waals surface area contributed by atoms with Gasteiger partial charge in [-0.2, -0.15) is 0 Å². The van der Waals surface area contributed by atoms with Crippen molar-refractivity contribution in [1.29, 1.82) is 0 Å². The van der Waals surface area contributed by atoms with Crippen LogP contribution in [0, 0.1) is 6.92 Å². The fraction of sp³-hybridized carbons (Fsp3) is 0.500. The summed E-state index contributed by atoms with van der Waals surface area (Å²) in [6, 6.07) is 5.38. The smallest absolute Gasteiger partial charge is 0.251 e. The van der Waals surface area contributed by atoms with Crippen LogP contribution in [0.1, 0.15) is 29.8 Å². The molecule has 0 fully saturated rings. The molecule has 0 bridgehead atoms. The van der Waals surface area contributed by atoms with Crippen LogP contribution >= 0.6 is 0 Å². The molecule has 0 saturated heterocycles. The molecule has 0 radical (unpaired) electrons. The van der Waals surface area contributed by atoms with Gasteiger partial charge in [0.1, 0.15) is 0 Å². The number of hydrogen-bond donors (Lipinski definition) is 2. The maximum atomic E-state index is 11.9. The Hall–Kier alpha value is -1.56. The van der Waals surface area contributed by atoms with E-state index in [0.717, 1.165) is 17.8 Å². The standard InChI is InChI=1S/C14H22N2O3S/c1-4-15-13-7-6-12(10-11(13)3)14(17)16-8-9-20(18,19)5-2/h6-7,10,15H,4-5,8-9H2,1-3H3,(H,16,17). The van der Waals surface area contributed by atoms with Crippen molar-refractivity contribution in [3.8, 4) is 0 Å². The second kappa shape index (κ2) is 7.28. The molecular formula is C14H22N2O3S. The van der Waals surface area contributed by atoms with Crippen LogP contribution in [0.25, 0.3) is 0 Å². The van der Waals surface area contributed by atoms with E-state index in [2.05, 4.69) is 10.6 Å². The molecule has 2 N–H and O–H groups in total. The SMILES string of the molecule is CCNc1ccc(C(=O)NCCS(=O)(=O)CC)cc1C. The molecule has 0 saturated carbocycles. The highest BCUT2D eigenvalue weighted by Gasteiger charge is 2.10. The van der Waals surface area contributed by atoms with Crippen molar-refractivity contribution >= 4 is 21.4 Å². The summed E-state index contributed by atoms with van der Waals surface area (Å²) in [5, 5.41) is 5.83. The predicted octanol–water partition coefficient (Wildman–Crippen LogP) is 1.59. The van der Waals surface area contributed by atoms with Gasteiger partial charge in [0.2, 0.25) is 0 Å². The van der Waals surface area contributed by atoms with Crippen LogP contribution in [0.2, 0.25) is 0 Å². The lowest BCUT2D eigenvalue weighted by molar-refractivity contribution is 0.0956. The minimum Gasteiger partial charge on any atom is -0.385 e. The summed E-state index contributed by atoms with van der Waals surface area (Å²) in [5.74, 6) is -0.175. The molecule has 0 aliphatic carbocycles. The van der Waals surface area contributed by atoms with Gasteiger partial charge in [0.05, 0.1) is 5.75 Å². The normalized spacial score (nSPS) is 11.2. The maximum absolute atomic E-state index is 11.9. The van der Waals surface area contributed by atoms with Gasteiger partial charge in [0.15, 0.2) is 9.84 Å². The molecule has 5 nitrogen and oxygen atoms in total. The summed E-state index contributed by atoms with van der Waals surface area (Å²) < 4.78 is 22.7. The van der Waals surface area contributed by atoms with Crippen molar-refractivity contribution in [2.45, 2.75) is 20.8 Å². The molecule has 1 rings (SSSR count). The Kier molecular flexibility index (Phi) is 6.01. The first kappa shape index (κ1) is 16.5. The Morgan fingerprint density at radius 3 is 2.50 bits per heavy atom. The fourth-order valence-electron chi connectivity index (χ4n) is 1.76. The van der Waals surface area contributed by atoms with Crippen molar-refractivity contribution in [1.82, 2.24) is 5.32 Å². The van der Waals surface area contributed by atoms with Crippen molar-refractivity contribution < 1.29 is 13.2 Å². The molecule has 0 heterocycles. The first-order chi connectivity index (χ1) is 9.39. The summed E-state index contributed by atoms with van der Waals surface area (Å²) in [6.45, 7) is 6.49. The lowest BCUT2D eigenvalue weighted by Crippen LogP contribution is -2.29. The predicted molar refractivity (Wildman–Crippen MR) is 82.0 cm³/mol. The van der Waals surface area contributed by atoms with E-state index in [0.29, 0.717) is 5.56 Å². The minimum atomic E-state index is -3.04. The van der Waals surface area contributed by atoms with Gasteiger partial charge < -0.3 is 10.6 Å². The molecule has 20 heavy (non-hydrogen) atoms. The average molecular weight is 298 g/mol. The van der Waals surface area contributed by atoms with Gasteiger partial charge in [-0.3, -0.25) is 4.79 Å². The molecule has 0 unspecified atom stereocenters. The molecule has 112 valence electrons. The van der Waals surface area contributed by atoms with Gasteiger partial charge in [-0.1, -0.05) is 6.92 Å². The zero-order valence-corrected chi connectivity index (χ0v) is 13.0. The van der Waals surface area contributed by atoms with E-state index in [9.17, 15) is 13.2 Å². The summed E-state index contributed by atoms with van der Waals surface area (Å²) >= 11 is 0. The zero-order chi connectivity index (χ0) is 15.2. The molecule has 1 aromatic rings. The quantitative estimate of drug-likeness (QED) is 0.801. The lowest BCUT2D eigenvalue weighted by Gasteiger charge is -2.10. The zero-order valence-electron chi connectivity index (χ0n) is 12.2. The number of sulfone groups is 1. The van der Waals surface area contributed by atoms with Gasteiger partial charge in [0.25, 0.3) is 5.91 Å². The Morgan fingerprint density at radius 2 is 1.95 bits per heavy atom. The minimum absolute atomic E-state index is 0.0241. The molecule has 0 aliphatic heterocycles. The summed E-state index contributed by atoms with van der Waals surface area (Å²) in [6.07, 6.45) is 0. The third-order valence-corrected chi connectivity index (χ3v) is 4.70. The average Bonchev–Trinajstić information content (AvgIpc) is 2.41. The molecule has 6 heteroatoms. The van der Waals surface area contributed by atoms with Gasteiger partial charge in [-0.05, 0) is 37.6 Å². The van der Waals surface area contributed by atoms with Crippen molar-refractivity contribution in [3.05, 3.63) is 29.3 Å². The largest absolute Gasteiger partial charge is 0.385 e. The molecule has 1 aromatic carbocycles. The van der Waals surface area contributed by atoms with Gasteiger partial charge in [-0.25, -0.2) is 8.42 Å². The summed E-state index contributed by atoms with van der Waals surface area (Å²) in [5.41, 5.74) is 2.52. The van der Waals surface area contributed by atoms with E-state index in [1.165, 1.54) is 0 Å². The Labute approximate surface area is 120 Å². The van der Waals surface area contributed by atoms with E-state index in [1.54, 1.807) is 19.1 Å². The fourth-order valence-corrected chi connectivity index (χ4v) is 2.46. The molecule has 0 aromatic heterocycles. The number of hydrogen-bond acceptors (Lipinski definition) is 4.